The summed E-state index contributed by atoms with van der Waals surface area (Å²) in [5.41, 5.74) is 5.38. The number of hydrogen-bond donors (Lipinski definition) is 3. The first kappa shape index (κ1) is 18.6. The van der Waals surface area contributed by atoms with Crippen molar-refractivity contribution < 1.29 is 0 Å². The van der Waals surface area contributed by atoms with Gasteiger partial charge in [-0.25, -0.2) is 4.98 Å². The van der Waals surface area contributed by atoms with E-state index in [0.717, 1.165) is 46.7 Å². The maximum Gasteiger partial charge on any atom is 0.255 e. The van der Waals surface area contributed by atoms with Crippen molar-refractivity contribution >= 4 is 17.5 Å². The van der Waals surface area contributed by atoms with Gasteiger partial charge in [-0.2, -0.15) is 4.98 Å². The average Bonchev–Trinajstić information content (AvgIpc) is 2.65. The molecule has 6 heteroatoms. The average molecular weight is 363 g/mol. The minimum atomic E-state index is -0.0839. The van der Waals surface area contributed by atoms with E-state index in [0.29, 0.717) is 11.5 Å². The zero-order valence-corrected chi connectivity index (χ0v) is 16.2. The molecule has 0 bridgehead atoms. The molecule has 0 saturated carbocycles. The highest BCUT2D eigenvalue weighted by atomic mass is 16.1. The monoisotopic (exact) mass is 363 g/mol. The number of H-pyrrole nitrogens is 1. The molecular formula is C21H25N5O. The molecule has 0 saturated heterocycles. The Balaban J connectivity index is 1.99. The molecule has 3 rings (SSSR count). The van der Waals surface area contributed by atoms with E-state index in [9.17, 15) is 4.79 Å². The number of anilines is 3. The first-order valence-electron chi connectivity index (χ1n) is 9.13. The molecule has 27 heavy (non-hydrogen) atoms. The Bertz CT molecular complexity index is 1010. The lowest BCUT2D eigenvalue weighted by Gasteiger charge is -2.12. The molecule has 0 radical (unpaired) electrons. The molecule has 0 fully saturated rings. The standard InChI is InChI=1S/C21H25N5O/c1-5-6-15-10-18(20(27)23-12-15)17-11-16(8-7-13(17)2)25-21-24-14(3)9-19(22-4)26-21/h7-12H,5-6H2,1-4H3,(H,23,27)(H2,22,24,25,26). The number of benzene rings is 1. The van der Waals surface area contributed by atoms with Crippen LogP contribution in [0.4, 0.5) is 17.5 Å². The van der Waals surface area contributed by atoms with Gasteiger partial charge in [0, 0.05) is 36.3 Å². The zero-order chi connectivity index (χ0) is 19.4. The van der Waals surface area contributed by atoms with Gasteiger partial charge in [0.15, 0.2) is 0 Å². The van der Waals surface area contributed by atoms with Crippen LogP contribution >= 0.6 is 0 Å². The lowest BCUT2D eigenvalue weighted by Crippen LogP contribution is -2.10. The van der Waals surface area contributed by atoms with Crippen molar-refractivity contribution in [2.45, 2.75) is 33.6 Å². The molecule has 0 aliphatic carbocycles. The Kier molecular flexibility index (Phi) is 5.54. The van der Waals surface area contributed by atoms with Crippen molar-refractivity contribution in [2.75, 3.05) is 17.7 Å². The maximum atomic E-state index is 12.4. The second-order valence-electron chi connectivity index (χ2n) is 6.62. The molecule has 0 amide bonds. The summed E-state index contributed by atoms with van der Waals surface area (Å²) in [6.07, 6.45) is 3.77. The van der Waals surface area contributed by atoms with Gasteiger partial charge < -0.3 is 15.6 Å². The summed E-state index contributed by atoms with van der Waals surface area (Å²) in [5.74, 6) is 1.27. The number of aromatic amines is 1. The smallest absolute Gasteiger partial charge is 0.255 e. The lowest BCUT2D eigenvalue weighted by molar-refractivity contribution is 0.911. The number of aromatic nitrogens is 3. The summed E-state index contributed by atoms with van der Waals surface area (Å²) in [5, 5.41) is 6.27. The molecule has 0 spiro atoms. The second-order valence-corrected chi connectivity index (χ2v) is 6.62. The molecule has 1 aromatic carbocycles. The van der Waals surface area contributed by atoms with Crippen LogP contribution in [-0.2, 0) is 6.42 Å². The normalized spacial score (nSPS) is 10.7. The highest BCUT2D eigenvalue weighted by Crippen LogP contribution is 2.26. The molecule has 0 aliphatic rings. The quantitative estimate of drug-likeness (QED) is 0.612. The van der Waals surface area contributed by atoms with Crippen LogP contribution in [0.15, 0.2) is 41.3 Å². The summed E-state index contributed by atoms with van der Waals surface area (Å²) in [6, 6.07) is 9.80. The first-order chi connectivity index (χ1) is 13.0. The van der Waals surface area contributed by atoms with Crippen LogP contribution in [0.3, 0.4) is 0 Å². The predicted octanol–water partition coefficient (Wildman–Crippen LogP) is 4.19. The molecule has 3 N–H and O–H groups in total. The predicted molar refractivity (Wildman–Crippen MR) is 111 cm³/mol. The fourth-order valence-corrected chi connectivity index (χ4v) is 3.03. The number of nitrogens with one attached hydrogen (secondary N) is 3. The topological polar surface area (TPSA) is 82.7 Å². The highest BCUT2D eigenvalue weighted by molar-refractivity contribution is 5.72. The van der Waals surface area contributed by atoms with Crippen LogP contribution < -0.4 is 16.2 Å². The number of rotatable bonds is 6. The molecule has 0 unspecified atom stereocenters. The first-order valence-corrected chi connectivity index (χ1v) is 9.13. The third kappa shape index (κ3) is 4.34. The van der Waals surface area contributed by atoms with Gasteiger partial charge in [-0.3, -0.25) is 4.79 Å². The van der Waals surface area contributed by atoms with Crippen LogP contribution in [0.2, 0.25) is 0 Å². The van der Waals surface area contributed by atoms with Crippen LogP contribution in [0.25, 0.3) is 11.1 Å². The van der Waals surface area contributed by atoms with Crippen molar-refractivity contribution in [3.63, 3.8) is 0 Å². The number of aryl methyl sites for hydroxylation is 3. The van der Waals surface area contributed by atoms with E-state index in [-0.39, 0.29) is 5.56 Å². The Labute approximate surface area is 159 Å². The van der Waals surface area contributed by atoms with Crippen molar-refractivity contribution in [1.29, 1.82) is 0 Å². The van der Waals surface area contributed by atoms with E-state index in [1.54, 1.807) is 6.20 Å². The molecule has 140 valence electrons. The molecule has 2 aromatic heterocycles. The van der Waals surface area contributed by atoms with Crippen LogP contribution in [0, 0.1) is 13.8 Å². The van der Waals surface area contributed by atoms with Crippen LogP contribution in [0.5, 0.6) is 0 Å². The fourth-order valence-electron chi connectivity index (χ4n) is 3.03. The Morgan fingerprint density at radius 1 is 1.07 bits per heavy atom. The van der Waals surface area contributed by atoms with Crippen molar-refractivity contribution in [3.05, 3.63) is 63.7 Å². The second kappa shape index (κ2) is 8.03. The number of pyridine rings is 1. The molecule has 0 atom stereocenters. The SMILES string of the molecule is CCCc1c[nH]c(=O)c(-c2cc(Nc3nc(C)cc(NC)n3)ccc2C)c1. The minimum absolute atomic E-state index is 0.0839. The third-order valence-corrected chi connectivity index (χ3v) is 4.40. The van der Waals surface area contributed by atoms with Gasteiger partial charge in [-0.1, -0.05) is 19.4 Å². The van der Waals surface area contributed by atoms with E-state index < -0.39 is 0 Å². The van der Waals surface area contributed by atoms with E-state index in [2.05, 4.69) is 32.5 Å². The van der Waals surface area contributed by atoms with Gasteiger partial charge in [-0.05, 0) is 55.2 Å². The summed E-state index contributed by atoms with van der Waals surface area (Å²) in [7, 11) is 1.82. The molecular weight excluding hydrogens is 338 g/mol. The van der Waals surface area contributed by atoms with Gasteiger partial charge >= 0.3 is 0 Å². The Morgan fingerprint density at radius 2 is 1.89 bits per heavy atom. The molecule has 2 heterocycles. The summed E-state index contributed by atoms with van der Waals surface area (Å²) < 4.78 is 0. The van der Waals surface area contributed by atoms with Gasteiger partial charge in [0.25, 0.3) is 5.56 Å². The van der Waals surface area contributed by atoms with Gasteiger partial charge in [0.1, 0.15) is 5.82 Å². The summed E-state index contributed by atoms with van der Waals surface area (Å²) >= 11 is 0. The van der Waals surface area contributed by atoms with Crippen LogP contribution in [0.1, 0.15) is 30.2 Å². The van der Waals surface area contributed by atoms with Crippen molar-refractivity contribution in [1.82, 2.24) is 15.0 Å². The van der Waals surface area contributed by atoms with Gasteiger partial charge in [-0.15, -0.1) is 0 Å². The third-order valence-electron chi connectivity index (χ3n) is 4.40. The van der Waals surface area contributed by atoms with E-state index in [1.807, 2.05) is 51.2 Å². The Hall–Kier alpha value is -3.15. The van der Waals surface area contributed by atoms with E-state index in [1.165, 1.54) is 0 Å². The van der Waals surface area contributed by atoms with E-state index in [4.69, 9.17) is 0 Å². The number of hydrogen-bond acceptors (Lipinski definition) is 5. The molecule has 3 aromatic rings. The van der Waals surface area contributed by atoms with Crippen LogP contribution in [-0.4, -0.2) is 22.0 Å². The lowest BCUT2D eigenvalue weighted by atomic mass is 9.99. The summed E-state index contributed by atoms with van der Waals surface area (Å²) in [4.78, 5) is 24.1. The van der Waals surface area contributed by atoms with Crippen molar-refractivity contribution in [2.24, 2.45) is 0 Å². The van der Waals surface area contributed by atoms with E-state index >= 15 is 0 Å². The largest absolute Gasteiger partial charge is 0.373 e. The fraction of sp³-hybridized carbons (Fsp3) is 0.286. The number of nitrogens with zero attached hydrogens (tertiary/aromatic N) is 2. The molecule has 0 aliphatic heterocycles. The zero-order valence-electron chi connectivity index (χ0n) is 16.2. The Morgan fingerprint density at radius 3 is 2.63 bits per heavy atom. The minimum Gasteiger partial charge on any atom is -0.373 e. The molecule has 6 nitrogen and oxygen atoms in total. The van der Waals surface area contributed by atoms with Gasteiger partial charge in [0.05, 0.1) is 0 Å². The highest BCUT2D eigenvalue weighted by Gasteiger charge is 2.10. The summed E-state index contributed by atoms with van der Waals surface area (Å²) in [6.45, 7) is 6.06. The van der Waals surface area contributed by atoms with Gasteiger partial charge in [0.2, 0.25) is 5.95 Å². The maximum absolute atomic E-state index is 12.4. The van der Waals surface area contributed by atoms with Crippen molar-refractivity contribution in [3.8, 4) is 11.1 Å².